The van der Waals surface area contributed by atoms with Crippen molar-refractivity contribution < 1.29 is 0 Å². The zero-order valence-corrected chi connectivity index (χ0v) is 13.9. The smallest absolute Gasteiger partial charge is 0.118 e. The number of nitrogens with zero attached hydrogens (tertiary/aromatic N) is 2. The summed E-state index contributed by atoms with van der Waals surface area (Å²) >= 11 is 1.87. The molecule has 0 spiro atoms. The van der Waals surface area contributed by atoms with Gasteiger partial charge in [0.2, 0.25) is 0 Å². The van der Waals surface area contributed by atoms with Crippen LogP contribution in [0.3, 0.4) is 0 Å². The standard InChI is InChI=1S/C17H27N3S/c1-2-18-4-3-15-19-20-16(21-15)11-17-8-12-5-13(9-17)7-14(6-12)10-17/h12-14,18H,2-11H2,1H3. The van der Waals surface area contributed by atoms with Gasteiger partial charge in [-0.3, -0.25) is 0 Å². The van der Waals surface area contributed by atoms with Crippen molar-refractivity contribution in [1.82, 2.24) is 15.5 Å². The molecule has 116 valence electrons. The van der Waals surface area contributed by atoms with Crippen molar-refractivity contribution in [2.75, 3.05) is 13.1 Å². The maximum atomic E-state index is 4.51. The first-order valence-electron chi connectivity index (χ1n) is 8.77. The van der Waals surface area contributed by atoms with Gasteiger partial charge in [0.05, 0.1) is 0 Å². The van der Waals surface area contributed by atoms with E-state index < -0.39 is 0 Å². The quantitative estimate of drug-likeness (QED) is 0.818. The maximum Gasteiger partial charge on any atom is 0.118 e. The van der Waals surface area contributed by atoms with Gasteiger partial charge >= 0.3 is 0 Å². The van der Waals surface area contributed by atoms with Gasteiger partial charge in [0, 0.05) is 19.4 Å². The van der Waals surface area contributed by atoms with Crippen molar-refractivity contribution in [3.05, 3.63) is 10.0 Å². The first-order valence-corrected chi connectivity index (χ1v) is 9.58. The van der Waals surface area contributed by atoms with Gasteiger partial charge in [0.15, 0.2) is 0 Å². The lowest BCUT2D eigenvalue weighted by molar-refractivity contribution is -0.0522. The Balaban J connectivity index is 1.41. The summed E-state index contributed by atoms with van der Waals surface area (Å²) in [6.07, 6.45) is 11.3. The molecule has 4 aliphatic rings. The van der Waals surface area contributed by atoms with Crippen LogP contribution in [0.15, 0.2) is 0 Å². The minimum absolute atomic E-state index is 0.604. The van der Waals surface area contributed by atoms with Crippen molar-refractivity contribution in [2.45, 2.75) is 58.3 Å². The summed E-state index contributed by atoms with van der Waals surface area (Å²) < 4.78 is 0. The summed E-state index contributed by atoms with van der Waals surface area (Å²) in [5, 5.41) is 14.8. The van der Waals surface area contributed by atoms with Gasteiger partial charge in [-0.05, 0) is 68.2 Å². The van der Waals surface area contributed by atoms with E-state index in [0.29, 0.717) is 5.41 Å². The fraction of sp³-hybridized carbons (Fsp3) is 0.882. The molecule has 0 aliphatic heterocycles. The van der Waals surface area contributed by atoms with Crippen molar-refractivity contribution >= 4 is 11.3 Å². The summed E-state index contributed by atoms with van der Waals surface area (Å²) in [5.74, 6) is 3.12. The van der Waals surface area contributed by atoms with Crippen LogP contribution in [0.1, 0.15) is 55.5 Å². The maximum absolute atomic E-state index is 4.51. The molecule has 4 saturated carbocycles. The molecule has 4 bridgehead atoms. The van der Waals surface area contributed by atoms with E-state index >= 15 is 0 Å². The van der Waals surface area contributed by atoms with Gasteiger partial charge in [-0.1, -0.05) is 6.92 Å². The Morgan fingerprint density at radius 3 is 2.29 bits per heavy atom. The highest BCUT2D eigenvalue weighted by Crippen LogP contribution is 2.61. The van der Waals surface area contributed by atoms with Crippen LogP contribution in [0.5, 0.6) is 0 Å². The number of rotatable bonds is 6. The highest BCUT2D eigenvalue weighted by atomic mass is 32.1. The van der Waals surface area contributed by atoms with Crippen molar-refractivity contribution in [3.63, 3.8) is 0 Å². The summed E-state index contributed by atoms with van der Waals surface area (Å²) in [4.78, 5) is 0. The molecule has 0 aromatic carbocycles. The Morgan fingerprint density at radius 2 is 1.67 bits per heavy atom. The lowest BCUT2D eigenvalue weighted by Crippen LogP contribution is -2.47. The molecule has 5 rings (SSSR count). The molecule has 0 amide bonds. The second-order valence-corrected chi connectivity index (χ2v) is 8.93. The number of hydrogen-bond donors (Lipinski definition) is 1. The molecule has 4 fully saturated rings. The zero-order chi connectivity index (χ0) is 14.3. The Kier molecular flexibility index (Phi) is 3.78. The van der Waals surface area contributed by atoms with Gasteiger partial charge in [-0.15, -0.1) is 21.5 Å². The molecule has 21 heavy (non-hydrogen) atoms. The van der Waals surface area contributed by atoms with Crippen LogP contribution >= 0.6 is 11.3 Å². The normalized spacial score (nSPS) is 37.3. The monoisotopic (exact) mass is 305 g/mol. The van der Waals surface area contributed by atoms with Crippen LogP contribution in [0, 0.1) is 23.2 Å². The van der Waals surface area contributed by atoms with E-state index in [4.69, 9.17) is 0 Å². The third-order valence-electron chi connectivity index (χ3n) is 5.97. The number of likely N-dealkylation sites (N-methyl/N-ethyl adjacent to an activating group) is 1. The van der Waals surface area contributed by atoms with Crippen LogP contribution in [-0.2, 0) is 12.8 Å². The molecule has 0 saturated heterocycles. The van der Waals surface area contributed by atoms with Crippen molar-refractivity contribution in [1.29, 1.82) is 0 Å². The van der Waals surface area contributed by atoms with E-state index in [9.17, 15) is 0 Å². The van der Waals surface area contributed by atoms with E-state index in [1.54, 1.807) is 0 Å². The average molecular weight is 305 g/mol. The molecule has 4 aliphatic carbocycles. The second-order valence-electron chi connectivity index (χ2n) is 7.79. The zero-order valence-electron chi connectivity index (χ0n) is 13.1. The first kappa shape index (κ1) is 14.1. The summed E-state index contributed by atoms with van der Waals surface area (Å²) in [6, 6.07) is 0. The molecular weight excluding hydrogens is 278 g/mol. The van der Waals surface area contributed by atoms with E-state index in [1.165, 1.54) is 55.0 Å². The third kappa shape index (κ3) is 2.89. The fourth-order valence-corrected chi connectivity index (χ4v) is 6.68. The third-order valence-corrected chi connectivity index (χ3v) is 6.95. The summed E-state index contributed by atoms with van der Waals surface area (Å²) in [6.45, 7) is 4.22. The lowest BCUT2D eigenvalue weighted by atomic mass is 9.49. The minimum Gasteiger partial charge on any atom is -0.317 e. The predicted octanol–water partition coefficient (Wildman–Crippen LogP) is 3.45. The average Bonchev–Trinajstić information content (AvgIpc) is 2.84. The molecule has 0 unspecified atom stereocenters. The molecule has 1 aromatic heterocycles. The Labute approximate surface area is 131 Å². The minimum atomic E-state index is 0.604. The topological polar surface area (TPSA) is 37.8 Å². The highest BCUT2D eigenvalue weighted by Gasteiger charge is 2.50. The highest BCUT2D eigenvalue weighted by molar-refractivity contribution is 7.11. The van der Waals surface area contributed by atoms with Crippen LogP contribution in [0.2, 0.25) is 0 Å². The molecular formula is C17H27N3S. The van der Waals surface area contributed by atoms with E-state index in [-0.39, 0.29) is 0 Å². The second kappa shape index (κ2) is 5.62. The van der Waals surface area contributed by atoms with Gasteiger partial charge in [-0.2, -0.15) is 0 Å². The van der Waals surface area contributed by atoms with Crippen LogP contribution in [-0.4, -0.2) is 23.3 Å². The molecule has 0 radical (unpaired) electrons. The van der Waals surface area contributed by atoms with E-state index in [1.807, 2.05) is 11.3 Å². The molecule has 1 aromatic rings. The van der Waals surface area contributed by atoms with Gasteiger partial charge < -0.3 is 5.32 Å². The van der Waals surface area contributed by atoms with Crippen LogP contribution in [0.4, 0.5) is 0 Å². The first-order chi connectivity index (χ1) is 10.2. The molecule has 1 heterocycles. The number of hydrogen-bond acceptors (Lipinski definition) is 4. The molecule has 3 nitrogen and oxygen atoms in total. The predicted molar refractivity (Wildman–Crippen MR) is 86.5 cm³/mol. The van der Waals surface area contributed by atoms with Crippen LogP contribution in [0.25, 0.3) is 0 Å². The van der Waals surface area contributed by atoms with E-state index in [0.717, 1.165) is 37.3 Å². The molecule has 0 atom stereocenters. The molecule has 1 N–H and O–H groups in total. The Bertz CT molecular complexity index is 461. The Morgan fingerprint density at radius 1 is 1.05 bits per heavy atom. The van der Waals surface area contributed by atoms with Crippen molar-refractivity contribution in [2.24, 2.45) is 23.2 Å². The van der Waals surface area contributed by atoms with E-state index in [2.05, 4.69) is 22.4 Å². The SMILES string of the molecule is CCNCCc1nnc(CC23CC4CC(CC(C4)C2)C3)s1. The summed E-state index contributed by atoms with van der Waals surface area (Å²) in [7, 11) is 0. The van der Waals surface area contributed by atoms with Gasteiger partial charge in [0.1, 0.15) is 10.0 Å². The molecule has 4 heteroatoms. The lowest BCUT2D eigenvalue weighted by Gasteiger charge is -2.56. The Hall–Kier alpha value is -0.480. The van der Waals surface area contributed by atoms with Crippen LogP contribution < -0.4 is 5.32 Å². The summed E-state index contributed by atoms with van der Waals surface area (Å²) in [5.41, 5.74) is 0.604. The number of nitrogens with one attached hydrogen (secondary N) is 1. The number of aromatic nitrogens is 2. The van der Waals surface area contributed by atoms with Gasteiger partial charge in [0.25, 0.3) is 0 Å². The fourth-order valence-electron chi connectivity index (χ4n) is 5.66. The van der Waals surface area contributed by atoms with Gasteiger partial charge in [-0.25, -0.2) is 0 Å². The van der Waals surface area contributed by atoms with Crippen molar-refractivity contribution in [3.8, 4) is 0 Å². The largest absolute Gasteiger partial charge is 0.317 e.